The molecule has 0 saturated carbocycles. The largest absolute Gasteiger partial charge is 0.461 e. The number of halogens is 13. The molecule has 0 amide bonds. The van der Waals surface area contributed by atoms with Crippen molar-refractivity contribution in [1.82, 2.24) is 0 Å². The molecule has 0 saturated heterocycles. The zero-order chi connectivity index (χ0) is 19.1. The van der Waals surface area contributed by atoms with E-state index in [1.165, 1.54) is 0 Å². The van der Waals surface area contributed by atoms with E-state index in [-0.39, 0.29) is 0 Å². The standard InChI is InChI=1S/C8H3F13O2/c9-3(10)6(14,15)7(16,17)4(11,23-21)1-2(22)5(12,13)8(18,19)20/h3H,1H2. The molecular formula is C8H3F13O2. The van der Waals surface area contributed by atoms with Gasteiger partial charge in [-0.15, -0.1) is 4.94 Å². The molecule has 0 aliphatic heterocycles. The molecule has 0 spiro atoms. The lowest BCUT2D eigenvalue weighted by molar-refractivity contribution is -0.418. The molecule has 0 bridgehead atoms. The van der Waals surface area contributed by atoms with Crippen LogP contribution in [0.25, 0.3) is 0 Å². The SMILES string of the molecule is O=C(CC(F)(OF)C(F)(F)C(F)(F)C(F)F)C(F)(F)C(F)(F)F. The van der Waals surface area contributed by atoms with Crippen LogP contribution in [-0.2, 0) is 9.74 Å². The number of hydrogen-bond acceptors (Lipinski definition) is 2. The van der Waals surface area contributed by atoms with E-state index in [4.69, 9.17) is 0 Å². The predicted octanol–water partition coefficient (Wildman–Crippen LogP) is 4.25. The molecule has 0 aliphatic carbocycles. The molecule has 0 aromatic heterocycles. The van der Waals surface area contributed by atoms with Crippen molar-refractivity contribution in [3.05, 3.63) is 0 Å². The van der Waals surface area contributed by atoms with Crippen molar-refractivity contribution in [2.24, 2.45) is 0 Å². The van der Waals surface area contributed by atoms with Crippen molar-refractivity contribution in [2.75, 3.05) is 0 Å². The molecular weight excluding hydrogens is 375 g/mol. The zero-order valence-electron chi connectivity index (χ0n) is 10.0. The van der Waals surface area contributed by atoms with Crippen LogP contribution in [0.15, 0.2) is 0 Å². The summed E-state index contributed by atoms with van der Waals surface area (Å²) in [5, 5.41) is 0. The van der Waals surface area contributed by atoms with Crippen molar-refractivity contribution in [3.63, 3.8) is 0 Å². The van der Waals surface area contributed by atoms with Crippen molar-refractivity contribution >= 4 is 5.78 Å². The van der Waals surface area contributed by atoms with Gasteiger partial charge in [0.1, 0.15) is 0 Å². The third-order valence-electron chi connectivity index (χ3n) is 2.38. The second-order valence-electron chi connectivity index (χ2n) is 3.98. The Bertz CT molecular complexity index is 442. The molecule has 1 unspecified atom stereocenters. The maximum absolute atomic E-state index is 13.2. The molecule has 0 aliphatic rings. The first kappa shape index (κ1) is 21.7. The molecule has 0 heterocycles. The second kappa shape index (κ2) is 5.98. The first-order valence-corrected chi connectivity index (χ1v) is 4.88. The molecule has 138 valence electrons. The highest BCUT2D eigenvalue weighted by atomic mass is 19.4. The first-order valence-electron chi connectivity index (χ1n) is 4.88. The number of rotatable bonds is 7. The van der Waals surface area contributed by atoms with E-state index in [1.807, 2.05) is 0 Å². The Morgan fingerprint density at radius 1 is 0.870 bits per heavy atom. The molecule has 0 aromatic rings. The summed E-state index contributed by atoms with van der Waals surface area (Å²) in [6.07, 6.45) is -15.8. The molecule has 0 aromatic carbocycles. The highest BCUT2D eigenvalue weighted by Gasteiger charge is 2.78. The number of alkyl halides is 12. The van der Waals surface area contributed by atoms with Gasteiger partial charge in [-0.2, -0.15) is 39.5 Å². The summed E-state index contributed by atoms with van der Waals surface area (Å²) in [6.45, 7) is 0. The fraction of sp³-hybridized carbons (Fsp3) is 0.875. The van der Waals surface area contributed by atoms with Crippen LogP contribution in [0.2, 0.25) is 0 Å². The lowest BCUT2D eigenvalue weighted by Crippen LogP contribution is -2.61. The van der Waals surface area contributed by atoms with Gasteiger partial charge in [0.2, 0.25) is 5.78 Å². The zero-order valence-corrected chi connectivity index (χ0v) is 10.0. The molecule has 2 nitrogen and oxygen atoms in total. The van der Waals surface area contributed by atoms with Gasteiger partial charge in [0.05, 0.1) is 6.42 Å². The van der Waals surface area contributed by atoms with Crippen LogP contribution in [-0.4, -0.2) is 42.0 Å². The van der Waals surface area contributed by atoms with Crippen molar-refractivity contribution < 1.29 is 66.9 Å². The Labute approximate surface area is 117 Å². The number of hydrogen-bond donors (Lipinski definition) is 0. The first-order chi connectivity index (χ1) is 9.88. The van der Waals surface area contributed by atoms with E-state index >= 15 is 0 Å². The van der Waals surface area contributed by atoms with E-state index in [1.54, 1.807) is 4.94 Å². The monoisotopic (exact) mass is 378 g/mol. The predicted molar refractivity (Wildman–Crippen MR) is 42.6 cm³/mol. The summed E-state index contributed by atoms with van der Waals surface area (Å²) in [4.78, 5) is 12.1. The van der Waals surface area contributed by atoms with Crippen LogP contribution in [0, 0.1) is 0 Å². The van der Waals surface area contributed by atoms with Crippen LogP contribution in [0.5, 0.6) is 0 Å². The third kappa shape index (κ3) is 3.47. The summed E-state index contributed by atoms with van der Waals surface area (Å²) in [5.41, 5.74) is 0. The van der Waals surface area contributed by atoms with E-state index in [0.29, 0.717) is 0 Å². The van der Waals surface area contributed by atoms with Gasteiger partial charge < -0.3 is 0 Å². The summed E-state index contributed by atoms with van der Waals surface area (Å²) in [5.74, 6) is -30.4. The van der Waals surface area contributed by atoms with E-state index in [2.05, 4.69) is 0 Å². The smallest absolute Gasteiger partial charge is 0.292 e. The topological polar surface area (TPSA) is 26.3 Å². The Morgan fingerprint density at radius 2 is 1.26 bits per heavy atom. The molecule has 0 rings (SSSR count). The van der Waals surface area contributed by atoms with Crippen LogP contribution in [0.3, 0.4) is 0 Å². The van der Waals surface area contributed by atoms with Crippen molar-refractivity contribution in [3.8, 4) is 0 Å². The summed E-state index contributed by atoms with van der Waals surface area (Å²) in [6, 6.07) is 0. The Balaban J connectivity index is 5.79. The van der Waals surface area contributed by atoms with Crippen LogP contribution < -0.4 is 0 Å². The highest BCUT2D eigenvalue weighted by molar-refractivity contribution is 5.87. The fourth-order valence-corrected chi connectivity index (χ4v) is 1.05. The minimum atomic E-state index is -6.97. The molecule has 0 N–H and O–H groups in total. The maximum Gasteiger partial charge on any atom is 0.461 e. The van der Waals surface area contributed by atoms with Gasteiger partial charge in [-0.25, -0.2) is 13.2 Å². The fourth-order valence-electron chi connectivity index (χ4n) is 1.05. The number of ketones is 1. The average molecular weight is 378 g/mol. The average Bonchev–Trinajstić information content (AvgIpc) is 2.36. The van der Waals surface area contributed by atoms with E-state index < -0.39 is 48.4 Å². The van der Waals surface area contributed by atoms with Gasteiger partial charge in [-0.1, -0.05) is 0 Å². The Kier molecular flexibility index (Phi) is 5.64. The van der Waals surface area contributed by atoms with Crippen LogP contribution in [0.1, 0.15) is 6.42 Å². The third-order valence-corrected chi connectivity index (χ3v) is 2.38. The van der Waals surface area contributed by atoms with Gasteiger partial charge in [-0.3, -0.25) is 4.79 Å². The molecule has 0 fully saturated rings. The number of carbonyl (C=O) groups is 1. The molecule has 0 radical (unpaired) electrons. The maximum atomic E-state index is 13.2. The van der Waals surface area contributed by atoms with Gasteiger partial charge in [0.15, 0.2) is 0 Å². The summed E-state index contributed by atoms with van der Waals surface area (Å²) >= 11 is 0. The lowest BCUT2D eigenvalue weighted by Gasteiger charge is -2.34. The van der Waals surface area contributed by atoms with Gasteiger partial charge in [0, 0.05) is 0 Å². The number of carbonyl (C=O) groups excluding carboxylic acids is 1. The van der Waals surface area contributed by atoms with Gasteiger partial charge in [0.25, 0.3) is 0 Å². The summed E-state index contributed by atoms with van der Waals surface area (Å²) < 4.78 is 159. The van der Waals surface area contributed by atoms with Gasteiger partial charge in [-0.05, 0) is 4.53 Å². The Morgan fingerprint density at radius 3 is 1.52 bits per heavy atom. The highest BCUT2D eigenvalue weighted by Crippen LogP contribution is 2.51. The van der Waals surface area contributed by atoms with E-state index in [0.717, 1.165) is 0 Å². The minimum Gasteiger partial charge on any atom is -0.292 e. The summed E-state index contributed by atoms with van der Waals surface area (Å²) in [7, 11) is 0. The quantitative estimate of drug-likeness (QED) is 0.620. The molecule has 1 atom stereocenters. The van der Waals surface area contributed by atoms with Crippen molar-refractivity contribution in [1.29, 1.82) is 0 Å². The normalized spacial score (nSPS) is 17.3. The lowest BCUT2D eigenvalue weighted by atomic mass is 9.96. The van der Waals surface area contributed by atoms with Crippen LogP contribution in [0.4, 0.5) is 57.2 Å². The van der Waals surface area contributed by atoms with Gasteiger partial charge >= 0.3 is 36.2 Å². The van der Waals surface area contributed by atoms with E-state index in [9.17, 15) is 62.0 Å². The molecule has 15 heteroatoms. The van der Waals surface area contributed by atoms with Crippen LogP contribution >= 0.6 is 0 Å². The second-order valence-corrected chi connectivity index (χ2v) is 3.98. The molecule has 23 heavy (non-hydrogen) atoms. The van der Waals surface area contributed by atoms with Crippen molar-refractivity contribution in [2.45, 2.75) is 42.6 Å². The Hall–Kier alpha value is -1.28. The number of Topliss-reactive ketones (excluding diaryl/α,β-unsaturated/α-hetero) is 1. The minimum absolute atomic E-state index is 1.57.